The molecule has 4 amide bonds. The molecule has 0 bridgehead atoms. The first kappa shape index (κ1) is 21.0. The fraction of sp³-hybridized carbons (Fsp3) is 0.652. The molecule has 172 valence electrons. The maximum absolute atomic E-state index is 13.6. The van der Waals surface area contributed by atoms with Gasteiger partial charge in [0.15, 0.2) is 0 Å². The highest BCUT2D eigenvalue weighted by Gasteiger charge is 2.52. The summed E-state index contributed by atoms with van der Waals surface area (Å²) in [7, 11) is 1.80. The summed E-state index contributed by atoms with van der Waals surface area (Å²) >= 11 is 0. The number of hydrogen-bond donors (Lipinski definition) is 2. The van der Waals surface area contributed by atoms with Crippen LogP contribution in [0.3, 0.4) is 0 Å². The lowest BCUT2D eigenvalue weighted by molar-refractivity contribution is -0.138. The van der Waals surface area contributed by atoms with Crippen LogP contribution in [0.1, 0.15) is 55.4 Å². The molecule has 1 aromatic rings. The van der Waals surface area contributed by atoms with E-state index in [1.54, 1.807) is 39.7 Å². The molecule has 3 saturated heterocycles. The SMILES string of the molecule is Cn1cccc1C(=O)N1CC[C@H]2NC(=O)[C@H]3C[C@H](NC(=O)C4CCCCC4)CN3C(=O)[C@H]21. The number of rotatable bonds is 3. The molecule has 0 unspecified atom stereocenters. The number of likely N-dealkylation sites (tertiary alicyclic amines) is 1. The number of fused-ring (bicyclic) bond motifs is 2. The lowest BCUT2D eigenvalue weighted by Gasteiger charge is -2.29. The summed E-state index contributed by atoms with van der Waals surface area (Å²) in [4.78, 5) is 55.6. The van der Waals surface area contributed by atoms with Crippen molar-refractivity contribution in [3.8, 4) is 0 Å². The Morgan fingerprint density at radius 3 is 2.62 bits per heavy atom. The predicted octanol–water partition coefficient (Wildman–Crippen LogP) is 0.404. The second-order valence-electron chi connectivity index (χ2n) is 9.63. The van der Waals surface area contributed by atoms with E-state index >= 15 is 0 Å². The fourth-order valence-electron chi connectivity index (χ4n) is 5.87. The molecule has 3 aliphatic heterocycles. The van der Waals surface area contributed by atoms with Gasteiger partial charge in [-0.3, -0.25) is 19.2 Å². The van der Waals surface area contributed by atoms with Crippen molar-refractivity contribution in [2.75, 3.05) is 13.1 Å². The van der Waals surface area contributed by atoms with E-state index in [2.05, 4.69) is 10.6 Å². The molecular formula is C23H31N5O4. The van der Waals surface area contributed by atoms with E-state index in [-0.39, 0.29) is 41.6 Å². The van der Waals surface area contributed by atoms with Crippen LogP contribution in [0, 0.1) is 5.92 Å². The number of aryl methyl sites for hydroxylation is 1. The summed E-state index contributed by atoms with van der Waals surface area (Å²) < 4.78 is 1.74. The number of amides is 4. The first-order valence-corrected chi connectivity index (χ1v) is 11.8. The van der Waals surface area contributed by atoms with E-state index in [1.807, 2.05) is 0 Å². The van der Waals surface area contributed by atoms with Gasteiger partial charge in [0.2, 0.25) is 17.7 Å². The third kappa shape index (κ3) is 3.57. The van der Waals surface area contributed by atoms with Crippen LogP contribution < -0.4 is 10.6 Å². The van der Waals surface area contributed by atoms with Crippen LogP contribution in [0.25, 0.3) is 0 Å². The van der Waals surface area contributed by atoms with Crippen molar-refractivity contribution in [1.82, 2.24) is 25.0 Å². The molecule has 9 heteroatoms. The van der Waals surface area contributed by atoms with Crippen LogP contribution in [0.2, 0.25) is 0 Å². The smallest absolute Gasteiger partial charge is 0.271 e. The largest absolute Gasteiger partial charge is 0.351 e. The van der Waals surface area contributed by atoms with Gasteiger partial charge in [0.1, 0.15) is 17.8 Å². The minimum atomic E-state index is -0.709. The number of carbonyl (C=O) groups is 4. The third-order valence-electron chi connectivity index (χ3n) is 7.61. The predicted molar refractivity (Wildman–Crippen MR) is 115 cm³/mol. The lowest BCUT2D eigenvalue weighted by atomic mass is 9.88. The van der Waals surface area contributed by atoms with E-state index in [1.165, 1.54) is 6.42 Å². The van der Waals surface area contributed by atoms with Gasteiger partial charge in [-0.05, 0) is 37.8 Å². The Labute approximate surface area is 187 Å². The second-order valence-corrected chi connectivity index (χ2v) is 9.63. The zero-order valence-electron chi connectivity index (χ0n) is 18.5. The Balaban J connectivity index is 1.32. The van der Waals surface area contributed by atoms with Gasteiger partial charge in [0.25, 0.3) is 5.91 Å². The summed E-state index contributed by atoms with van der Waals surface area (Å²) in [6.45, 7) is 0.733. The monoisotopic (exact) mass is 441 g/mol. The maximum Gasteiger partial charge on any atom is 0.271 e. The Kier molecular flexibility index (Phi) is 5.43. The number of nitrogens with one attached hydrogen (secondary N) is 2. The summed E-state index contributed by atoms with van der Waals surface area (Å²) in [6, 6.07) is 1.62. The topological polar surface area (TPSA) is 104 Å². The van der Waals surface area contributed by atoms with Crippen molar-refractivity contribution in [3.63, 3.8) is 0 Å². The highest BCUT2D eigenvalue weighted by molar-refractivity contribution is 6.00. The molecule has 0 radical (unpaired) electrons. The minimum absolute atomic E-state index is 0.0336. The van der Waals surface area contributed by atoms with E-state index in [0.29, 0.717) is 31.6 Å². The highest BCUT2D eigenvalue weighted by Crippen LogP contribution is 2.31. The number of carbonyl (C=O) groups excluding carboxylic acids is 4. The van der Waals surface area contributed by atoms with E-state index in [0.717, 1.165) is 25.7 Å². The van der Waals surface area contributed by atoms with Crippen LogP contribution in [0.5, 0.6) is 0 Å². The van der Waals surface area contributed by atoms with E-state index in [4.69, 9.17) is 0 Å². The zero-order chi connectivity index (χ0) is 22.4. The molecule has 1 aromatic heterocycles. The van der Waals surface area contributed by atoms with Gasteiger partial charge in [-0.2, -0.15) is 0 Å². The normalized spacial score (nSPS) is 30.5. The van der Waals surface area contributed by atoms with Gasteiger partial charge in [0, 0.05) is 38.3 Å². The average molecular weight is 442 g/mol. The van der Waals surface area contributed by atoms with Crippen molar-refractivity contribution in [2.24, 2.45) is 13.0 Å². The lowest BCUT2D eigenvalue weighted by Crippen LogP contribution is -2.53. The molecule has 4 fully saturated rings. The molecule has 1 saturated carbocycles. The van der Waals surface area contributed by atoms with E-state index in [9.17, 15) is 19.2 Å². The van der Waals surface area contributed by atoms with Gasteiger partial charge >= 0.3 is 0 Å². The highest BCUT2D eigenvalue weighted by atomic mass is 16.2. The van der Waals surface area contributed by atoms with Crippen LogP contribution in [0.15, 0.2) is 18.3 Å². The number of aromatic nitrogens is 1. The molecule has 0 spiro atoms. The Hall–Kier alpha value is -2.84. The minimum Gasteiger partial charge on any atom is -0.351 e. The van der Waals surface area contributed by atoms with Gasteiger partial charge in [-0.15, -0.1) is 0 Å². The molecule has 4 heterocycles. The van der Waals surface area contributed by atoms with Crippen molar-refractivity contribution >= 4 is 23.6 Å². The third-order valence-corrected chi connectivity index (χ3v) is 7.61. The maximum atomic E-state index is 13.6. The van der Waals surface area contributed by atoms with Crippen LogP contribution in [-0.2, 0) is 21.4 Å². The summed E-state index contributed by atoms with van der Waals surface area (Å²) in [5, 5.41) is 6.10. The molecule has 4 aliphatic rings. The quantitative estimate of drug-likeness (QED) is 0.709. The van der Waals surface area contributed by atoms with Crippen LogP contribution >= 0.6 is 0 Å². The van der Waals surface area contributed by atoms with Gasteiger partial charge in [0.05, 0.1) is 6.04 Å². The summed E-state index contributed by atoms with van der Waals surface area (Å²) in [6.07, 6.45) is 7.92. The summed E-state index contributed by atoms with van der Waals surface area (Å²) in [5.41, 5.74) is 0.518. The van der Waals surface area contributed by atoms with E-state index < -0.39 is 12.1 Å². The molecule has 1 aliphatic carbocycles. The number of hydrogen-bond acceptors (Lipinski definition) is 4. The first-order chi connectivity index (χ1) is 15.4. The van der Waals surface area contributed by atoms with Gasteiger partial charge in [-0.25, -0.2) is 0 Å². The average Bonchev–Trinajstić information content (AvgIpc) is 3.50. The molecule has 32 heavy (non-hydrogen) atoms. The van der Waals surface area contributed by atoms with Gasteiger partial charge in [-0.1, -0.05) is 19.3 Å². The first-order valence-electron chi connectivity index (χ1n) is 11.8. The standard InChI is InChI=1S/C23H31N5O4/c1-26-10-5-8-17(26)22(31)27-11-9-16-19(27)23(32)28-13-15(12-18(28)21(30)25-16)24-20(29)14-6-3-2-4-7-14/h5,8,10,14-16,18-19H,2-4,6-7,9,11-13H2,1H3,(H,24,29)(H,25,30)/t15-,16+,18+,19-/m0/s1. The van der Waals surface area contributed by atoms with Crippen molar-refractivity contribution in [1.29, 1.82) is 0 Å². The van der Waals surface area contributed by atoms with Crippen molar-refractivity contribution in [2.45, 2.75) is 69.1 Å². The second kappa shape index (κ2) is 8.26. The molecular weight excluding hydrogens is 410 g/mol. The molecule has 0 aromatic carbocycles. The Morgan fingerprint density at radius 1 is 1.12 bits per heavy atom. The molecule has 5 rings (SSSR count). The Bertz CT molecular complexity index is 937. The zero-order valence-corrected chi connectivity index (χ0v) is 18.5. The summed E-state index contributed by atoms with van der Waals surface area (Å²) in [5.74, 6) is -0.514. The van der Waals surface area contributed by atoms with Gasteiger partial charge < -0.3 is 25.0 Å². The fourth-order valence-corrected chi connectivity index (χ4v) is 5.87. The van der Waals surface area contributed by atoms with Crippen molar-refractivity contribution in [3.05, 3.63) is 24.0 Å². The van der Waals surface area contributed by atoms with Crippen LogP contribution in [-0.4, -0.2) is 75.3 Å². The van der Waals surface area contributed by atoms with Crippen LogP contribution in [0.4, 0.5) is 0 Å². The number of nitrogens with zero attached hydrogens (tertiary/aromatic N) is 3. The molecule has 2 N–H and O–H groups in total. The van der Waals surface area contributed by atoms with Crippen molar-refractivity contribution < 1.29 is 19.2 Å². The molecule has 9 nitrogen and oxygen atoms in total. The molecule has 4 atom stereocenters. The Morgan fingerprint density at radius 2 is 1.91 bits per heavy atom.